The first-order chi connectivity index (χ1) is 38.2. The van der Waals surface area contributed by atoms with Gasteiger partial charge in [0.15, 0.2) is 12.4 Å². The van der Waals surface area contributed by atoms with Crippen molar-refractivity contribution in [3.8, 4) is 0 Å². The van der Waals surface area contributed by atoms with Crippen molar-refractivity contribution in [3.63, 3.8) is 0 Å². The van der Waals surface area contributed by atoms with Gasteiger partial charge >= 0.3 is 5.97 Å². The fraction of sp³-hybridized carbons (Fsp3) is 0.881. The van der Waals surface area contributed by atoms with E-state index in [0.717, 1.165) is 64.2 Å². The molecule has 1 rings (SSSR count). The Hall–Kier alpha value is -2.12. The summed E-state index contributed by atoms with van der Waals surface area (Å²) in [7, 11) is 0. The largest absolute Gasteiger partial charge is 0.454 e. The van der Waals surface area contributed by atoms with E-state index in [1.807, 2.05) is 6.08 Å². The predicted molar refractivity (Wildman–Crippen MR) is 324 cm³/mol. The molecule has 0 radical (unpaired) electrons. The second-order valence-corrected chi connectivity index (χ2v) is 23.2. The molecular formula is C67H125NO10. The number of aliphatic hydroxyl groups is 5. The summed E-state index contributed by atoms with van der Waals surface area (Å²) in [5.74, 6) is -1.20. The quantitative estimate of drug-likeness (QED) is 0.0195. The molecule has 11 nitrogen and oxygen atoms in total. The third-order valence-electron chi connectivity index (χ3n) is 15.8. The third-order valence-corrected chi connectivity index (χ3v) is 15.8. The molecule has 0 saturated carbocycles. The molecule has 6 N–H and O–H groups in total. The maximum Gasteiger partial charge on any atom is 0.306 e. The summed E-state index contributed by atoms with van der Waals surface area (Å²) in [6.07, 6.45) is 56.3. The molecule has 8 unspecified atom stereocenters. The smallest absolute Gasteiger partial charge is 0.306 e. The van der Waals surface area contributed by atoms with E-state index < -0.39 is 67.4 Å². The topological polar surface area (TPSA) is 175 Å². The van der Waals surface area contributed by atoms with Crippen molar-refractivity contribution in [1.82, 2.24) is 5.32 Å². The molecule has 11 heteroatoms. The number of aliphatic hydroxyl groups excluding tert-OH is 5. The Kier molecular flexibility index (Phi) is 52.5. The van der Waals surface area contributed by atoms with Crippen LogP contribution in [0.1, 0.15) is 316 Å². The maximum absolute atomic E-state index is 13.4. The Morgan fingerprint density at radius 1 is 0.487 bits per heavy atom. The van der Waals surface area contributed by atoms with Gasteiger partial charge < -0.3 is 45.1 Å². The first-order valence-electron chi connectivity index (χ1n) is 33.3. The summed E-state index contributed by atoms with van der Waals surface area (Å²) in [6.45, 7) is 5.79. The summed E-state index contributed by atoms with van der Waals surface area (Å²) in [6, 6.07) is -1.02. The summed E-state index contributed by atoms with van der Waals surface area (Å²) in [5, 5.41) is 57.0. The molecule has 0 bridgehead atoms. The van der Waals surface area contributed by atoms with Crippen LogP contribution in [0.15, 0.2) is 36.5 Å². The van der Waals surface area contributed by atoms with Gasteiger partial charge in [0.05, 0.1) is 25.4 Å². The van der Waals surface area contributed by atoms with Gasteiger partial charge in [-0.2, -0.15) is 0 Å². The highest BCUT2D eigenvalue weighted by Gasteiger charge is 2.47. The standard InChI is InChI=1S/C67H125NO10/c1-4-7-10-13-16-19-22-25-26-27-28-29-30-31-32-33-34-35-37-39-42-45-48-51-54-60(71)66(75)68-58(59(70)53-50-47-44-41-38-24-21-18-15-12-9-6-3)57-76-67-65(64(74)63(73)61(56-69)77-67)78-62(72)55-52-49-46-43-40-36-23-20-17-14-11-8-5-2/h25-26,36,40,50,53,58-61,63-65,67,69-71,73-74H,4-24,27-35,37-39,41-49,51-52,54-57H2,1-3H3,(H,68,75)/b26-25+,40-36-,53-50+. The van der Waals surface area contributed by atoms with Crippen molar-refractivity contribution in [1.29, 1.82) is 0 Å². The number of carbonyl (C=O) groups is 2. The molecule has 1 amide bonds. The summed E-state index contributed by atoms with van der Waals surface area (Å²) >= 11 is 0. The lowest BCUT2D eigenvalue weighted by atomic mass is 9.99. The molecule has 458 valence electrons. The second kappa shape index (κ2) is 55.4. The molecule has 1 aliphatic rings. The lowest BCUT2D eigenvalue weighted by Crippen LogP contribution is -2.61. The summed E-state index contributed by atoms with van der Waals surface area (Å²) in [4.78, 5) is 26.5. The Balaban J connectivity index is 2.59. The lowest BCUT2D eigenvalue weighted by molar-refractivity contribution is -0.305. The highest BCUT2D eigenvalue weighted by Crippen LogP contribution is 2.26. The number of esters is 1. The van der Waals surface area contributed by atoms with E-state index in [9.17, 15) is 35.1 Å². The minimum Gasteiger partial charge on any atom is -0.454 e. The Bertz CT molecular complexity index is 1410. The minimum absolute atomic E-state index is 0.106. The Morgan fingerprint density at radius 3 is 1.24 bits per heavy atom. The molecule has 1 heterocycles. The lowest BCUT2D eigenvalue weighted by Gasteiger charge is -2.41. The number of hydrogen-bond donors (Lipinski definition) is 6. The summed E-state index contributed by atoms with van der Waals surface area (Å²) in [5.41, 5.74) is 0. The molecule has 0 spiro atoms. The molecule has 0 aromatic carbocycles. The zero-order chi connectivity index (χ0) is 56.8. The van der Waals surface area contributed by atoms with Crippen LogP contribution in [0.5, 0.6) is 0 Å². The van der Waals surface area contributed by atoms with Gasteiger partial charge in [-0.05, 0) is 77.0 Å². The van der Waals surface area contributed by atoms with Gasteiger partial charge in [-0.15, -0.1) is 0 Å². The average Bonchev–Trinajstić information content (AvgIpc) is 3.44. The molecule has 0 aliphatic carbocycles. The van der Waals surface area contributed by atoms with Crippen LogP contribution in [-0.2, 0) is 23.8 Å². The van der Waals surface area contributed by atoms with Crippen molar-refractivity contribution in [2.75, 3.05) is 13.2 Å². The number of nitrogens with one attached hydrogen (secondary N) is 1. The number of ether oxygens (including phenoxy) is 3. The van der Waals surface area contributed by atoms with E-state index >= 15 is 0 Å². The van der Waals surface area contributed by atoms with Crippen LogP contribution in [-0.4, -0.2) is 99.6 Å². The molecular weight excluding hydrogens is 979 g/mol. The van der Waals surface area contributed by atoms with Crippen LogP contribution in [0, 0.1) is 0 Å². The van der Waals surface area contributed by atoms with E-state index in [4.69, 9.17) is 14.2 Å². The summed E-state index contributed by atoms with van der Waals surface area (Å²) < 4.78 is 17.6. The highest BCUT2D eigenvalue weighted by atomic mass is 16.7. The van der Waals surface area contributed by atoms with Gasteiger partial charge in [0.25, 0.3) is 0 Å². The SMILES string of the molecule is CCCCCCCC/C=C\CCCCCC(=O)OC1C(OCC(NC(=O)C(O)CCCCCCCCCCCCCCCC/C=C/CCCCCCCC)C(O)/C=C/CCCCCCCCCCCC)OC(CO)C(O)C1O. The van der Waals surface area contributed by atoms with Crippen LogP contribution < -0.4 is 5.32 Å². The van der Waals surface area contributed by atoms with Gasteiger partial charge in [-0.1, -0.05) is 269 Å². The van der Waals surface area contributed by atoms with Crippen LogP contribution in [0.2, 0.25) is 0 Å². The van der Waals surface area contributed by atoms with Gasteiger partial charge in [-0.25, -0.2) is 0 Å². The van der Waals surface area contributed by atoms with Crippen LogP contribution >= 0.6 is 0 Å². The number of amides is 1. The number of carbonyl (C=O) groups excluding carboxylic acids is 2. The van der Waals surface area contributed by atoms with Gasteiger partial charge in [0.2, 0.25) is 5.91 Å². The van der Waals surface area contributed by atoms with Crippen molar-refractivity contribution in [3.05, 3.63) is 36.5 Å². The first-order valence-corrected chi connectivity index (χ1v) is 33.3. The first kappa shape index (κ1) is 73.9. The van der Waals surface area contributed by atoms with E-state index in [-0.39, 0.29) is 13.0 Å². The van der Waals surface area contributed by atoms with Gasteiger partial charge in [0.1, 0.15) is 24.4 Å². The van der Waals surface area contributed by atoms with Crippen LogP contribution in [0.3, 0.4) is 0 Å². The van der Waals surface area contributed by atoms with Crippen molar-refractivity contribution in [2.24, 2.45) is 0 Å². The minimum atomic E-state index is -1.62. The number of rotatable bonds is 57. The van der Waals surface area contributed by atoms with Crippen LogP contribution in [0.25, 0.3) is 0 Å². The second-order valence-electron chi connectivity index (χ2n) is 23.2. The maximum atomic E-state index is 13.4. The zero-order valence-corrected chi connectivity index (χ0v) is 50.8. The molecule has 0 aromatic rings. The normalized spacial score (nSPS) is 19.1. The van der Waals surface area contributed by atoms with E-state index in [1.54, 1.807) is 6.08 Å². The molecule has 78 heavy (non-hydrogen) atoms. The Morgan fingerprint density at radius 2 is 0.846 bits per heavy atom. The highest BCUT2D eigenvalue weighted by molar-refractivity contribution is 5.80. The van der Waals surface area contributed by atoms with E-state index in [1.165, 1.54) is 205 Å². The molecule has 0 aromatic heterocycles. The van der Waals surface area contributed by atoms with E-state index in [0.29, 0.717) is 19.3 Å². The molecule has 1 saturated heterocycles. The van der Waals surface area contributed by atoms with E-state index in [2.05, 4.69) is 50.4 Å². The average molecular weight is 1100 g/mol. The van der Waals surface area contributed by atoms with Crippen molar-refractivity contribution in [2.45, 2.75) is 365 Å². The fourth-order valence-electron chi connectivity index (χ4n) is 10.5. The molecule has 8 atom stereocenters. The number of hydrogen-bond acceptors (Lipinski definition) is 10. The van der Waals surface area contributed by atoms with Crippen LogP contribution in [0.4, 0.5) is 0 Å². The molecule has 1 aliphatic heterocycles. The zero-order valence-electron chi connectivity index (χ0n) is 50.8. The van der Waals surface area contributed by atoms with Crippen molar-refractivity contribution >= 4 is 11.9 Å². The number of allylic oxidation sites excluding steroid dienone is 5. The molecule has 1 fully saturated rings. The van der Waals surface area contributed by atoms with Gasteiger partial charge in [-0.3, -0.25) is 9.59 Å². The van der Waals surface area contributed by atoms with Crippen molar-refractivity contribution < 1.29 is 49.3 Å². The third kappa shape index (κ3) is 42.7. The number of unbranched alkanes of at least 4 members (excludes halogenated alkanes) is 39. The fourth-order valence-corrected chi connectivity index (χ4v) is 10.5. The Labute approximate surface area is 479 Å². The van der Waals surface area contributed by atoms with Gasteiger partial charge in [0, 0.05) is 6.42 Å². The predicted octanol–water partition coefficient (Wildman–Crippen LogP) is 16.2. The monoisotopic (exact) mass is 1100 g/mol.